The van der Waals surface area contributed by atoms with Crippen LogP contribution in [0.1, 0.15) is 47.5 Å². The second-order valence-corrected chi connectivity index (χ2v) is 11.7. The molecule has 0 aliphatic carbocycles. The smallest absolute Gasteiger partial charge is 0.338 e. The number of carbonyl (C=O) groups excluding carboxylic acids is 2. The predicted molar refractivity (Wildman–Crippen MR) is 170 cm³/mol. The van der Waals surface area contributed by atoms with Gasteiger partial charge in [-0.15, -0.1) is 11.8 Å². The minimum Gasteiger partial charge on any atom is -0.478 e. The van der Waals surface area contributed by atoms with E-state index in [-0.39, 0.29) is 26.3 Å². The summed E-state index contributed by atoms with van der Waals surface area (Å²) in [6, 6.07) is 19.9. The molecule has 4 aromatic carbocycles. The number of carbonyl (C=O) groups is 4. The summed E-state index contributed by atoms with van der Waals surface area (Å²) in [7, 11) is 0. The second-order valence-electron chi connectivity index (χ2n) is 9.03. The van der Waals surface area contributed by atoms with E-state index in [4.69, 9.17) is 46.4 Å². The highest BCUT2D eigenvalue weighted by Crippen LogP contribution is 2.42. The van der Waals surface area contributed by atoms with E-state index < -0.39 is 45.2 Å². The molecule has 220 valence electrons. The third-order valence-electron chi connectivity index (χ3n) is 6.14. The molecular formula is C30H20Cl4N2O6S. The summed E-state index contributed by atoms with van der Waals surface area (Å²) in [5.41, 5.74) is 0.944. The maximum atomic E-state index is 13.6. The van der Waals surface area contributed by atoms with Gasteiger partial charge in [0, 0.05) is 16.3 Å². The number of amides is 2. The number of aromatic carboxylic acids is 2. The molecule has 0 aromatic heterocycles. The van der Waals surface area contributed by atoms with Crippen LogP contribution in [0, 0.1) is 6.92 Å². The zero-order chi connectivity index (χ0) is 31.4. The molecule has 4 N–H and O–H groups in total. The lowest BCUT2D eigenvalue weighted by Gasteiger charge is -2.19. The van der Waals surface area contributed by atoms with Gasteiger partial charge in [0.2, 0.25) is 5.91 Å². The van der Waals surface area contributed by atoms with E-state index in [0.717, 1.165) is 0 Å². The van der Waals surface area contributed by atoms with Crippen molar-refractivity contribution in [3.05, 3.63) is 121 Å². The quantitative estimate of drug-likeness (QED) is 0.0791. The van der Waals surface area contributed by atoms with Crippen molar-refractivity contribution in [2.24, 2.45) is 0 Å². The third-order valence-corrected chi connectivity index (χ3v) is 9.19. The Morgan fingerprint density at radius 1 is 0.721 bits per heavy atom. The summed E-state index contributed by atoms with van der Waals surface area (Å²) < 4.78 is 0. The zero-order valence-corrected chi connectivity index (χ0v) is 25.8. The SMILES string of the molecule is Cc1ccc(C(=O)O)cc1NC(=O)C(Sc1cccc(NC(=O)c2c(Cl)c(Cl)c(Cl)c(Cl)c2C(=O)O)c1)c1ccccc1. The topological polar surface area (TPSA) is 133 Å². The van der Waals surface area contributed by atoms with Crippen molar-refractivity contribution in [3.63, 3.8) is 0 Å². The van der Waals surface area contributed by atoms with Crippen LogP contribution in [0.25, 0.3) is 0 Å². The number of thioether (sulfide) groups is 1. The molecule has 0 spiro atoms. The van der Waals surface area contributed by atoms with Crippen LogP contribution in [0.2, 0.25) is 20.1 Å². The molecule has 8 nitrogen and oxygen atoms in total. The fraction of sp³-hybridized carbons (Fsp3) is 0.0667. The van der Waals surface area contributed by atoms with Gasteiger partial charge in [-0.1, -0.05) is 88.9 Å². The Bertz CT molecular complexity index is 1770. The lowest BCUT2D eigenvalue weighted by atomic mass is 10.1. The third kappa shape index (κ3) is 7.26. The molecule has 43 heavy (non-hydrogen) atoms. The summed E-state index contributed by atoms with van der Waals surface area (Å²) in [4.78, 5) is 50.7. The Kier molecular flexibility index (Phi) is 10.3. The fourth-order valence-electron chi connectivity index (χ4n) is 4.01. The summed E-state index contributed by atoms with van der Waals surface area (Å²) in [5.74, 6) is -3.94. The summed E-state index contributed by atoms with van der Waals surface area (Å²) in [6.07, 6.45) is 0. The molecule has 4 rings (SSSR count). The van der Waals surface area contributed by atoms with Gasteiger partial charge in [-0.25, -0.2) is 9.59 Å². The molecule has 0 saturated heterocycles. The van der Waals surface area contributed by atoms with Crippen LogP contribution < -0.4 is 10.6 Å². The molecule has 1 unspecified atom stereocenters. The van der Waals surface area contributed by atoms with Gasteiger partial charge in [0.25, 0.3) is 5.91 Å². The highest BCUT2D eigenvalue weighted by atomic mass is 35.5. The van der Waals surface area contributed by atoms with Gasteiger partial charge in [-0.3, -0.25) is 9.59 Å². The van der Waals surface area contributed by atoms with Gasteiger partial charge >= 0.3 is 11.9 Å². The minimum atomic E-state index is -1.53. The van der Waals surface area contributed by atoms with E-state index in [1.165, 1.54) is 23.9 Å². The van der Waals surface area contributed by atoms with Crippen molar-refractivity contribution in [2.45, 2.75) is 17.1 Å². The average Bonchev–Trinajstić information content (AvgIpc) is 2.97. The maximum absolute atomic E-state index is 13.6. The van der Waals surface area contributed by atoms with E-state index in [2.05, 4.69) is 10.6 Å². The molecule has 4 aromatic rings. The van der Waals surface area contributed by atoms with Crippen LogP contribution in [0.3, 0.4) is 0 Å². The number of carboxylic acid groups (broad SMARTS) is 2. The predicted octanol–water partition coefficient (Wildman–Crippen LogP) is 8.73. The van der Waals surface area contributed by atoms with E-state index in [0.29, 0.717) is 21.7 Å². The van der Waals surface area contributed by atoms with Crippen LogP contribution in [-0.2, 0) is 4.79 Å². The summed E-state index contributed by atoms with van der Waals surface area (Å²) in [5, 5.41) is 22.3. The van der Waals surface area contributed by atoms with Crippen molar-refractivity contribution in [2.75, 3.05) is 10.6 Å². The Morgan fingerprint density at radius 2 is 1.37 bits per heavy atom. The first kappa shape index (κ1) is 32.2. The number of benzene rings is 4. The summed E-state index contributed by atoms with van der Waals surface area (Å²) >= 11 is 25.5. The fourth-order valence-corrected chi connectivity index (χ4v) is 6.11. The Morgan fingerprint density at radius 3 is 2.00 bits per heavy atom. The largest absolute Gasteiger partial charge is 0.478 e. The van der Waals surface area contributed by atoms with Crippen LogP contribution in [0.5, 0.6) is 0 Å². The number of hydrogen-bond donors (Lipinski definition) is 4. The standard InChI is InChI=1S/C30H20Cl4N2O6S/c1-14-10-11-16(29(39)40)12-19(14)36-28(38)26(15-6-3-2-4-7-15)43-18-9-5-8-17(13-18)35-27(37)20-21(30(41)42)23(32)25(34)24(33)22(20)31/h2-13,26H,1H3,(H,35,37)(H,36,38)(H,39,40)(H,41,42). The first-order valence-corrected chi connectivity index (χ1v) is 14.6. The number of hydrogen-bond acceptors (Lipinski definition) is 5. The van der Waals surface area contributed by atoms with Crippen LogP contribution in [0.15, 0.2) is 77.7 Å². The van der Waals surface area contributed by atoms with Crippen molar-refractivity contribution in [1.29, 1.82) is 0 Å². The maximum Gasteiger partial charge on any atom is 0.338 e. The van der Waals surface area contributed by atoms with E-state index in [9.17, 15) is 29.4 Å². The second kappa shape index (κ2) is 13.7. The van der Waals surface area contributed by atoms with Crippen LogP contribution in [0.4, 0.5) is 11.4 Å². The van der Waals surface area contributed by atoms with E-state index in [1.54, 1.807) is 61.5 Å². The highest BCUT2D eigenvalue weighted by molar-refractivity contribution is 8.00. The number of halogens is 4. The molecule has 2 amide bonds. The first-order valence-electron chi connectivity index (χ1n) is 12.3. The molecular weight excluding hydrogens is 658 g/mol. The van der Waals surface area contributed by atoms with Crippen LogP contribution in [-0.4, -0.2) is 34.0 Å². The van der Waals surface area contributed by atoms with Gasteiger partial charge in [0.15, 0.2) is 0 Å². The van der Waals surface area contributed by atoms with Crippen LogP contribution >= 0.6 is 58.2 Å². The molecule has 0 aliphatic heterocycles. The zero-order valence-electron chi connectivity index (χ0n) is 22.0. The molecule has 0 fully saturated rings. The highest BCUT2D eigenvalue weighted by Gasteiger charge is 2.29. The van der Waals surface area contributed by atoms with Gasteiger partial charge in [0.05, 0.1) is 36.8 Å². The van der Waals surface area contributed by atoms with Crippen molar-refractivity contribution in [1.82, 2.24) is 0 Å². The lowest BCUT2D eigenvalue weighted by molar-refractivity contribution is -0.115. The normalized spacial score (nSPS) is 11.5. The molecule has 0 bridgehead atoms. The van der Waals surface area contributed by atoms with Gasteiger partial charge in [0.1, 0.15) is 5.25 Å². The summed E-state index contributed by atoms with van der Waals surface area (Å²) in [6.45, 7) is 1.75. The molecule has 0 heterocycles. The van der Waals surface area contributed by atoms with Crippen molar-refractivity contribution < 1.29 is 29.4 Å². The number of rotatable bonds is 9. The molecule has 1 atom stereocenters. The number of carboxylic acids is 2. The van der Waals surface area contributed by atoms with Crippen molar-refractivity contribution in [3.8, 4) is 0 Å². The van der Waals surface area contributed by atoms with E-state index in [1.807, 2.05) is 6.07 Å². The lowest BCUT2D eigenvalue weighted by Crippen LogP contribution is -2.20. The Balaban J connectivity index is 1.64. The van der Waals surface area contributed by atoms with Crippen molar-refractivity contribution >= 4 is 93.3 Å². The number of nitrogens with one attached hydrogen (secondary N) is 2. The molecule has 0 radical (unpaired) electrons. The first-order chi connectivity index (χ1) is 20.4. The molecule has 0 aliphatic rings. The minimum absolute atomic E-state index is 0.0303. The number of aryl methyl sites for hydroxylation is 1. The Labute approximate surface area is 269 Å². The average molecular weight is 678 g/mol. The Hall–Kier alpha value is -3.73. The van der Waals surface area contributed by atoms with Gasteiger partial charge in [-0.2, -0.15) is 0 Å². The van der Waals surface area contributed by atoms with Gasteiger partial charge < -0.3 is 20.8 Å². The molecule has 13 heteroatoms. The van der Waals surface area contributed by atoms with E-state index >= 15 is 0 Å². The number of anilines is 2. The monoisotopic (exact) mass is 676 g/mol. The van der Waals surface area contributed by atoms with Gasteiger partial charge in [-0.05, 0) is 48.4 Å². The molecule has 0 saturated carbocycles.